The number of carbonyl (C=O) groups excluding carboxylic acids is 1. The van der Waals surface area contributed by atoms with Gasteiger partial charge in [0.05, 0.1) is 11.8 Å². The van der Waals surface area contributed by atoms with E-state index in [2.05, 4.69) is 5.16 Å². The predicted molar refractivity (Wildman–Crippen MR) is 102 cm³/mol. The third kappa shape index (κ3) is 5.19. The summed E-state index contributed by atoms with van der Waals surface area (Å²) in [5.41, 5.74) is 2.28. The Balaban J connectivity index is 1.51. The average molecular weight is 366 g/mol. The number of benzene rings is 3. The molecule has 0 aliphatic rings. The molecule has 0 aliphatic heterocycles. The minimum atomic E-state index is -0.541. The van der Waals surface area contributed by atoms with Crippen molar-refractivity contribution in [1.82, 2.24) is 0 Å². The lowest BCUT2D eigenvalue weighted by atomic mass is 10.2. The van der Waals surface area contributed by atoms with Crippen LogP contribution in [0.5, 0.6) is 5.75 Å². The zero-order valence-electron chi connectivity index (χ0n) is 13.8. The van der Waals surface area contributed by atoms with Gasteiger partial charge >= 0.3 is 5.97 Å². The van der Waals surface area contributed by atoms with Crippen molar-refractivity contribution in [2.24, 2.45) is 5.16 Å². The third-order valence-corrected chi connectivity index (χ3v) is 3.80. The Labute approximate surface area is 156 Å². The van der Waals surface area contributed by atoms with E-state index in [0.29, 0.717) is 17.2 Å². The highest BCUT2D eigenvalue weighted by atomic mass is 35.5. The summed E-state index contributed by atoms with van der Waals surface area (Å²) in [6.07, 6.45) is 1.47. The summed E-state index contributed by atoms with van der Waals surface area (Å²) in [6, 6.07) is 23.7. The number of halogens is 1. The number of nitrogens with zero attached hydrogens (tertiary/aromatic N) is 1. The van der Waals surface area contributed by atoms with E-state index in [1.165, 1.54) is 6.21 Å². The first-order valence-electron chi connectivity index (χ1n) is 7.98. The Kier molecular flexibility index (Phi) is 6.01. The summed E-state index contributed by atoms with van der Waals surface area (Å²) in [7, 11) is 0. The molecule has 0 spiro atoms. The smallest absolute Gasteiger partial charge is 0.365 e. The molecule has 0 heterocycles. The van der Waals surface area contributed by atoms with Crippen LogP contribution in [-0.2, 0) is 11.4 Å². The van der Waals surface area contributed by atoms with Crippen molar-refractivity contribution in [2.75, 3.05) is 0 Å². The summed E-state index contributed by atoms with van der Waals surface area (Å²) >= 11 is 5.78. The molecule has 0 aliphatic carbocycles. The summed E-state index contributed by atoms with van der Waals surface area (Å²) in [5, 5.41) is 4.27. The Hall–Kier alpha value is -3.11. The summed E-state index contributed by atoms with van der Waals surface area (Å²) in [5.74, 6) is 0.213. The topological polar surface area (TPSA) is 47.9 Å². The molecular weight excluding hydrogens is 350 g/mol. The van der Waals surface area contributed by atoms with Gasteiger partial charge < -0.3 is 9.57 Å². The lowest BCUT2D eigenvalue weighted by Crippen LogP contribution is -2.00. The second kappa shape index (κ2) is 8.83. The van der Waals surface area contributed by atoms with E-state index in [1.807, 2.05) is 54.6 Å². The second-order valence-electron chi connectivity index (χ2n) is 5.46. The second-order valence-corrected chi connectivity index (χ2v) is 5.90. The first kappa shape index (κ1) is 17.7. The molecule has 0 unspecified atom stereocenters. The van der Waals surface area contributed by atoms with Crippen LogP contribution >= 0.6 is 11.6 Å². The number of ether oxygens (including phenoxy) is 1. The maximum atomic E-state index is 11.8. The normalized spacial score (nSPS) is 10.7. The number of hydrogen-bond donors (Lipinski definition) is 0. The van der Waals surface area contributed by atoms with Gasteiger partial charge in [0.25, 0.3) is 0 Å². The van der Waals surface area contributed by atoms with Crippen molar-refractivity contribution >= 4 is 23.8 Å². The molecule has 0 radical (unpaired) electrons. The van der Waals surface area contributed by atoms with Gasteiger partial charge in [0.1, 0.15) is 12.4 Å². The van der Waals surface area contributed by atoms with Crippen molar-refractivity contribution < 1.29 is 14.4 Å². The van der Waals surface area contributed by atoms with Crippen molar-refractivity contribution in [3.05, 3.63) is 101 Å². The Morgan fingerprint density at radius 2 is 1.62 bits per heavy atom. The van der Waals surface area contributed by atoms with Crippen LogP contribution in [0.3, 0.4) is 0 Å². The van der Waals surface area contributed by atoms with Crippen LogP contribution in [0.25, 0.3) is 0 Å². The molecular formula is C21H16ClNO3. The standard InChI is InChI=1S/C21H16ClNO3/c22-19-10-8-18(9-11-19)21(24)26-23-14-16-6-12-20(13-7-16)25-15-17-4-2-1-3-5-17/h1-14H,15H2/b23-14-. The van der Waals surface area contributed by atoms with Crippen molar-refractivity contribution in [3.8, 4) is 5.75 Å². The first-order chi connectivity index (χ1) is 12.7. The van der Waals surface area contributed by atoms with Gasteiger partial charge in [0.2, 0.25) is 0 Å². The summed E-state index contributed by atoms with van der Waals surface area (Å²) < 4.78 is 5.72. The largest absolute Gasteiger partial charge is 0.489 e. The van der Waals surface area contributed by atoms with Gasteiger partial charge in [-0.1, -0.05) is 47.1 Å². The highest BCUT2D eigenvalue weighted by molar-refractivity contribution is 6.30. The average Bonchev–Trinajstić information content (AvgIpc) is 2.68. The van der Waals surface area contributed by atoms with Gasteiger partial charge in [-0.05, 0) is 59.7 Å². The van der Waals surface area contributed by atoms with Gasteiger partial charge in [-0.2, -0.15) is 0 Å². The molecule has 3 aromatic carbocycles. The van der Waals surface area contributed by atoms with Gasteiger partial charge in [0, 0.05) is 5.02 Å². The number of carbonyl (C=O) groups is 1. The zero-order valence-corrected chi connectivity index (χ0v) is 14.6. The molecule has 0 saturated carbocycles. The maximum Gasteiger partial charge on any atom is 0.365 e. The summed E-state index contributed by atoms with van der Waals surface area (Å²) in [4.78, 5) is 16.7. The van der Waals surface area contributed by atoms with Gasteiger partial charge in [-0.3, -0.25) is 0 Å². The quantitative estimate of drug-likeness (QED) is 0.346. The highest BCUT2D eigenvalue weighted by Crippen LogP contribution is 2.14. The van der Waals surface area contributed by atoms with Crippen LogP contribution in [0.15, 0.2) is 84.0 Å². The van der Waals surface area contributed by atoms with Crippen LogP contribution in [-0.4, -0.2) is 12.2 Å². The van der Waals surface area contributed by atoms with Gasteiger partial charge in [0.15, 0.2) is 0 Å². The molecule has 130 valence electrons. The van der Waals surface area contributed by atoms with E-state index in [-0.39, 0.29) is 0 Å². The van der Waals surface area contributed by atoms with Gasteiger partial charge in [-0.15, -0.1) is 0 Å². The van der Waals surface area contributed by atoms with E-state index in [9.17, 15) is 4.79 Å². The lowest BCUT2D eigenvalue weighted by molar-refractivity contribution is 0.0519. The molecule has 0 atom stereocenters. The minimum absolute atomic E-state index is 0.385. The van der Waals surface area contributed by atoms with Crippen LogP contribution in [0.2, 0.25) is 5.02 Å². The Bertz CT molecular complexity index is 875. The monoisotopic (exact) mass is 365 g/mol. The lowest BCUT2D eigenvalue weighted by Gasteiger charge is -2.06. The molecule has 0 N–H and O–H groups in total. The van der Waals surface area contributed by atoms with Crippen molar-refractivity contribution in [1.29, 1.82) is 0 Å². The van der Waals surface area contributed by atoms with Crippen LogP contribution < -0.4 is 4.74 Å². The molecule has 0 fully saturated rings. The molecule has 3 aromatic rings. The zero-order chi connectivity index (χ0) is 18.2. The van der Waals surface area contributed by atoms with Gasteiger partial charge in [-0.25, -0.2) is 4.79 Å². The number of oxime groups is 1. The molecule has 26 heavy (non-hydrogen) atoms. The SMILES string of the molecule is O=C(O/N=C\c1ccc(OCc2ccccc2)cc1)c1ccc(Cl)cc1. The first-order valence-corrected chi connectivity index (χ1v) is 8.35. The maximum absolute atomic E-state index is 11.8. The fourth-order valence-corrected chi connectivity index (χ4v) is 2.29. The fraction of sp³-hybridized carbons (Fsp3) is 0.0476. The minimum Gasteiger partial charge on any atom is -0.489 e. The molecule has 0 saturated heterocycles. The molecule has 0 amide bonds. The fourth-order valence-electron chi connectivity index (χ4n) is 2.16. The predicted octanol–water partition coefficient (Wildman–Crippen LogP) is 5.11. The van der Waals surface area contributed by atoms with E-state index in [0.717, 1.165) is 16.9 Å². The van der Waals surface area contributed by atoms with Crippen LogP contribution in [0.4, 0.5) is 0 Å². The van der Waals surface area contributed by atoms with E-state index in [1.54, 1.807) is 24.3 Å². The van der Waals surface area contributed by atoms with E-state index < -0.39 is 5.97 Å². The summed E-state index contributed by atoms with van der Waals surface area (Å²) in [6.45, 7) is 0.507. The third-order valence-electron chi connectivity index (χ3n) is 3.55. The number of rotatable bonds is 6. The van der Waals surface area contributed by atoms with Crippen molar-refractivity contribution in [2.45, 2.75) is 6.61 Å². The van der Waals surface area contributed by atoms with Crippen molar-refractivity contribution in [3.63, 3.8) is 0 Å². The van der Waals surface area contributed by atoms with E-state index in [4.69, 9.17) is 21.2 Å². The van der Waals surface area contributed by atoms with Crippen LogP contribution in [0, 0.1) is 0 Å². The highest BCUT2D eigenvalue weighted by Gasteiger charge is 2.06. The van der Waals surface area contributed by atoms with E-state index >= 15 is 0 Å². The van der Waals surface area contributed by atoms with Crippen LogP contribution in [0.1, 0.15) is 21.5 Å². The molecule has 3 rings (SSSR count). The molecule has 5 heteroatoms. The number of hydrogen-bond acceptors (Lipinski definition) is 4. The molecule has 0 bridgehead atoms. The Morgan fingerprint density at radius 1 is 0.923 bits per heavy atom. The molecule has 4 nitrogen and oxygen atoms in total. The Morgan fingerprint density at radius 3 is 2.31 bits per heavy atom. The molecule has 0 aromatic heterocycles.